The number of hydrogen-bond acceptors (Lipinski definition) is 3. The Bertz CT molecular complexity index is 471. The molecule has 0 spiro atoms. The normalized spacial score (nSPS) is 25.0. The Hall–Kier alpha value is -1.55. The molecule has 1 aromatic carbocycles. The summed E-state index contributed by atoms with van der Waals surface area (Å²) in [5.41, 5.74) is 0.445. The highest BCUT2D eigenvalue weighted by Crippen LogP contribution is 2.38. The zero-order chi connectivity index (χ0) is 15.3. The molecule has 1 saturated carbocycles. The molecule has 0 radical (unpaired) electrons. The van der Waals surface area contributed by atoms with Gasteiger partial charge in [0.05, 0.1) is 6.61 Å². The summed E-state index contributed by atoms with van der Waals surface area (Å²) < 4.78 is 5.75. The fourth-order valence-electron chi connectivity index (χ4n) is 3.33. The number of aliphatic carboxylic acids is 1. The monoisotopic (exact) mass is 291 g/mol. The highest BCUT2D eigenvalue weighted by Gasteiger charge is 2.48. The van der Waals surface area contributed by atoms with Gasteiger partial charge in [-0.2, -0.15) is 0 Å². The number of carboxylic acid groups (broad SMARTS) is 1. The van der Waals surface area contributed by atoms with Crippen LogP contribution < -0.4 is 10.1 Å². The van der Waals surface area contributed by atoms with Gasteiger partial charge in [0.25, 0.3) is 0 Å². The molecule has 2 atom stereocenters. The molecule has 2 N–H and O–H groups in total. The molecule has 0 aromatic heterocycles. The molecular weight excluding hydrogens is 266 g/mol. The van der Waals surface area contributed by atoms with E-state index in [9.17, 15) is 9.90 Å². The summed E-state index contributed by atoms with van der Waals surface area (Å²) in [6, 6.07) is 7.95. The second kappa shape index (κ2) is 6.94. The van der Waals surface area contributed by atoms with Crippen molar-refractivity contribution in [1.82, 2.24) is 5.32 Å². The van der Waals surface area contributed by atoms with Crippen molar-refractivity contribution >= 4 is 5.97 Å². The first kappa shape index (κ1) is 15.8. The Morgan fingerprint density at radius 1 is 1.43 bits per heavy atom. The van der Waals surface area contributed by atoms with Crippen LogP contribution in [0.5, 0.6) is 5.75 Å². The van der Waals surface area contributed by atoms with E-state index in [4.69, 9.17) is 4.74 Å². The number of likely N-dealkylation sites (N-methyl/N-ethyl adjacent to an activating group) is 1. The van der Waals surface area contributed by atoms with Gasteiger partial charge >= 0.3 is 5.97 Å². The fraction of sp³-hybridized carbons (Fsp3) is 0.588. The van der Waals surface area contributed by atoms with Gasteiger partial charge in [-0.3, -0.25) is 4.79 Å². The quantitative estimate of drug-likeness (QED) is 0.811. The Morgan fingerprint density at radius 3 is 2.76 bits per heavy atom. The third-order valence-corrected chi connectivity index (χ3v) is 4.45. The van der Waals surface area contributed by atoms with Gasteiger partial charge in [0.15, 0.2) is 0 Å². The first-order valence-electron chi connectivity index (χ1n) is 7.76. The maximum Gasteiger partial charge on any atom is 0.324 e. The number of carbonyl (C=O) groups is 1. The van der Waals surface area contributed by atoms with Crippen molar-refractivity contribution < 1.29 is 14.6 Å². The average molecular weight is 291 g/mol. The van der Waals surface area contributed by atoms with Gasteiger partial charge in [0.1, 0.15) is 11.3 Å². The summed E-state index contributed by atoms with van der Waals surface area (Å²) in [4.78, 5) is 11.7. The molecule has 1 aliphatic carbocycles. The molecule has 1 aromatic rings. The van der Waals surface area contributed by atoms with Crippen LogP contribution in [0.1, 0.15) is 38.2 Å². The number of hydrogen-bond donors (Lipinski definition) is 2. The third kappa shape index (κ3) is 3.56. The van der Waals surface area contributed by atoms with Gasteiger partial charge in [-0.25, -0.2) is 0 Å². The lowest BCUT2D eigenvalue weighted by molar-refractivity contribution is -0.146. The minimum atomic E-state index is -0.759. The van der Waals surface area contributed by atoms with E-state index in [0.717, 1.165) is 25.0 Å². The van der Waals surface area contributed by atoms with Crippen LogP contribution in [-0.4, -0.2) is 29.8 Å². The van der Waals surface area contributed by atoms with E-state index in [1.54, 1.807) is 0 Å². The second-order valence-electron chi connectivity index (χ2n) is 5.85. The molecular formula is C17H25NO3. The Morgan fingerprint density at radius 2 is 2.14 bits per heavy atom. The van der Waals surface area contributed by atoms with Crippen molar-refractivity contribution in [2.24, 2.45) is 5.92 Å². The molecule has 4 nitrogen and oxygen atoms in total. The van der Waals surface area contributed by atoms with Gasteiger partial charge < -0.3 is 15.2 Å². The van der Waals surface area contributed by atoms with Crippen molar-refractivity contribution in [2.75, 3.05) is 13.2 Å². The van der Waals surface area contributed by atoms with Gasteiger partial charge in [0, 0.05) is 0 Å². The van der Waals surface area contributed by atoms with Crippen molar-refractivity contribution in [1.29, 1.82) is 0 Å². The Kier molecular flexibility index (Phi) is 5.23. The van der Waals surface area contributed by atoms with Crippen LogP contribution in [0.15, 0.2) is 24.3 Å². The van der Waals surface area contributed by atoms with Crippen molar-refractivity contribution in [2.45, 2.75) is 45.1 Å². The first-order valence-corrected chi connectivity index (χ1v) is 7.76. The zero-order valence-electron chi connectivity index (χ0n) is 12.9. The Labute approximate surface area is 126 Å². The molecule has 2 rings (SSSR count). The predicted octanol–water partition coefficient (Wildman–Crippen LogP) is 3.00. The molecule has 0 bridgehead atoms. The van der Waals surface area contributed by atoms with Crippen LogP contribution in [-0.2, 0) is 4.79 Å². The number of ether oxygens (including phenoxy) is 1. The van der Waals surface area contributed by atoms with E-state index in [0.29, 0.717) is 19.6 Å². The number of nitrogens with one attached hydrogen (secondary N) is 1. The van der Waals surface area contributed by atoms with E-state index in [2.05, 4.69) is 5.32 Å². The standard InChI is InChI=1S/C17H25NO3/c1-3-18-17(16(19)20)11-4-5-14(17)10-12-21-15-8-6-13(2)7-9-15/h6-9,14,18H,3-5,10-12H2,1-2H3,(H,19,20). The number of benzene rings is 1. The lowest BCUT2D eigenvalue weighted by Gasteiger charge is -2.32. The smallest absolute Gasteiger partial charge is 0.324 e. The molecule has 21 heavy (non-hydrogen) atoms. The average Bonchev–Trinajstić information content (AvgIpc) is 2.86. The summed E-state index contributed by atoms with van der Waals surface area (Å²) in [7, 11) is 0. The molecule has 2 unspecified atom stereocenters. The first-order chi connectivity index (χ1) is 10.1. The highest BCUT2D eigenvalue weighted by atomic mass is 16.5. The van der Waals surface area contributed by atoms with Gasteiger partial charge in [0.2, 0.25) is 0 Å². The van der Waals surface area contributed by atoms with E-state index in [1.807, 2.05) is 38.1 Å². The number of rotatable bonds is 7. The molecule has 1 fully saturated rings. The minimum Gasteiger partial charge on any atom is -0.494 e. The lowest BCUT2D eigenvalue weighted by atomic mass is 9.84. The molecule has 1 aliphatic rings. The number of carboxylic acids is 1. The van der Waals surface area contributed by atoms with E-state index < -0.39 is 11.5 Å². The van der Waals surface area contributed by atoms with E-state index in [-0.39, 0.29) is 5.92 Å². The van der Waals surface area contributed by atoms with Gasteiger partial charge in [-0.05, 0) is 50.8 Å². The molecule has 0 amide bonds. The summed E-state index contributed by atoms with van der Waals surface area (Å²) in [5, 5.41) is 12.8. The van der Waals surface area contributed by atoms with Crippen molar-refractivity contribution in [3.63, 3.8) is 0 Å². The van der Waals surface area contributed by atoms with Crippen LogP contribution in [0.4, 0.5) is 0 Å². The SMILES string of the molecule is CCNC1(C(=O)O)CCCC1CCOc1ccc(C)cc1. The summed E-state index contributed by atoms with van der Waals surface area (Å²) >= 11 is 0. The second-order valence-corrected chi connectivity index (χ2v) is 5.85. The van der Waals surface area contributed by atoms with E-state index >= 15 is 0 Å². The molecule has 116 valence electrons. The molecule has 0 saturated heterocycles. The zero-order valence-corrected chi connectivity index (χ0v) is 12.9. The molecule has 0 heterocycles. The van der Waals surface area contributed by atoms with Crippen LogP contribution in [0.2, 0.25) is 0 Å². The van der Waals surface area contributed by atoms with Crippen LogP contribution in [0.3, 0.4) is 0 Å². The summed E-state index contributed by atoms with van der Waals surface area (Å²) in [6.45, 7) is 5.25. The lowest BCUT2D eigenvalue weighted by Crippen LogP contribution is -2.55. The summed E-state index contributed by atoms with van der Waals surface area (Å²) in [5.74, 6) is 0.269. The fourth-order valence-corrected chi connectivity index (χ4v) is 3.33. The van der Waals surface area contributed by atoms with Gasteiger partial charge in [-0.15, -0.1) is 0 Å². The van der Waals surface area contributed by atoms with E-state index in [1.165, 1.54) is 5.56 Å². The minimum absolute atomic E-state index is 0.139. The maximum absolute atomic E-state index is 11.7. The highest BCUT2D eigenvalue weighted by molar-refractivity contribution is 5.79. The predicted molar refractivity (Wildman–Crippen MR) is 82.7 cm³/mol. The summed E-state index contributed by atoms with van der Waals surface area (Å²) in [6.07, 6.45) is 3.41. The topological polar surface area (TPSA) is 58.6 Å². The largest absolute Gasteiger partial charge is 0.494 e. The molecule has 4 heteroatoms. The maximum atomic E-state index is 11.7. The molecule has 0 aliphatic heterocycles. The van der Waals surface area contributed by atoms with Crippen molar-refractivity contribution in [3.05, 3.63) is 29.8 Å². The van der Waals surface area contributed by atoms with Crippen molar-refractivity contribution in [3.8, 4) is 5.75 Å². The number of aryl methyl sites for hydroxylation is 1. The van der Waals surface area contributed by atoms with Crippen LogP contribution >= 0.6 is 0 Å². The van der Waals surface area contributed by atoms with Crippen LogP contribution in [0.25, 0.3) is 0 Å². The van der Waals surface area contributed by atoms with Gasteiger partial charge in [-0.1, -0.05) is 31.0 Å². The third-order valence-electron chi connectivity index (χ3n) is 4.45. The Balaban J connectivity index is 1.92. The van der Waals surface area contributed by atoms with Crippen LogP contribution in [0, 0.1) is 12.8 Å².